The van der Waals surface area contributed by atoms with E-state index in [1.54, 1.807) is 7.11 Å². The highest BCUT2D eigenvalue weighted by atomic mass is 32.7. The van der Waals surface area contributed by atoms with Crippen LogP contribution in [-0.2, 0) is 17.6 Å². The van der Waals surface area contributed by atoms with Crippen LogP contribution in [0.5, 0.6) is 0 Å². The number of fused-ring (bicyclic) bond motifs is 7. The van der Waals surface area contributed by atoms with Crippen LogP contribution >= 0.6 is 20.7 Å². The third-order valence-electron chi connectivity index (χ3n) is 7.59. The van der Waals surface area contributed by atoms with Crippen LogP contribution < -0.4 is 0 Å². The summed E-state index contributed by atoms with van der Waals surface area (Å²) in [6, 6.07) is 30.5. The average molecular weight is 563 g/mol. The van der Waals surface area contributed by atoms with Crippen molar-refractivity contribution in [3.63, 3.8) is 0 Å². The van der Waals surface area contributed by atoms with Crippen molar-refractivity contribution in [2.45, 2.75) is 19.8 Å². The number of methoxy groups -OCH3 is 1. The number of hydrogen-bond acceptors (Lipinski definition) is 4. The van der Waals surface area contributed by atoms with E-state index in [1.807, 2.05) is 31.5 Å². The number of hydrogen-bond donors (Lipinski definition) is 1. The zero-order chi connectivity index (χ0) is 27.6. The van der Waals surface area contributed by atoms with E-state index >= 15 is 0 Å². The molecule has 3 aromatic carbocycles. The van der Waals surface area contributed by atoms with Gasteiger partial charge in [-0.15, -0.1) is 0 Å². The molecule has 1 atom stereocenters. The summed E-state index contributed by atoms with van der Waals surface area (Å²) in [5.41, 5.74) is 11.9. The molecule has 0 saturated heterocycles. The van der Waals surface area contributed by atoms with Gasteiger partial charge in [-0.3, -0.25) is 9.97 Å². The van der Waals surface area contributed by atoms with Gasteiger partial charge < -0.3 is 13.9 Å². The molecule has 4 heterocycles. The highest BCUT2D eigenvalue weighted by Gasteiger charge is 2.19. The van der Waals surface area contributed by atoms with Crippen molar-refractivity contribution < 1.29 is 4.74 Å². The standard InChI is InChI=1S/C30H20N4.C3H8O.H3PS/c1-2-6-25-23(5-1)29-27(7-3-15-31-29)34(25)22-13-14-26-24(18-22)30-28(8-4-16-32-30)33(26)21-12-11-19-9-10-20(19)17-21;1-3-4-2;1-2/h1-8,11-18H,9-10H2;3H2,1-2H3;2H,1H2. The summed E-state index contributed by atoms with van der Waals surface area (Å²) in [6.45, 7) is 2.78. The molecule has 0 bridgehead atoms. The minimum Gasteiger partial charge on any atom is -0.385 e. The SMILES string of the molecule is CCOC.PS.c1ccc2c(c1)c1ncccc1n2-c1ccc2c(c1)c1ncccc1n2-c1ccc2c(c1)CC2. The van der Waals surface area contributed by atoms with Gasteiger partial charge in [0.1, 0.15) is 0 Å². The predicted octanol–water partition coefficient (Wildman–Crippen LogP) is 8.13. The fraction of sp³-hybridized carbons (Fsp3) is 0.152. The van der Waals surface area contributed by atoms with Gasteiger partial charge >= 0.3 is 0 Å². The molecule has 0 spiro atoms. The quantitative estimate of drug-likeness (QED) is 0.175. The molecule has 1 unspecified atom stereocenters. The van der Waals surface area contributed by atoms with E-state index in [0.717, 1.165) is 45.3 Å². The fourth-order valence-corrected chi connectivity index (χ4v) is 5.62. The molecule has 7 aromatic rings. The summed E-state index contributed by atoms with van der Waals surface area (Å²) in [7, 11) is 3.79. The van der Waals surface area contributed by atoms with E-state index in [2.05, 4.69) is 107 Å². The van der Waals surface area contributed by atoms with E-state index in [1.165, 1.54) is 40.6 Å². The topological polar surface area (TPSA) is 44.9 Å². The minimum atomic E-state index is 0.819. The second-order valence-electron chi connectivity index (χ2n) is 9.66. The van der Waals surface area contributed by atoms with Crippen molar-refractivity contribution in [1.29, 1.82) is 0 Å². The Morgan fingerprint density at radius 1 is 0.675 bits per heavy atom. The number of rotatable bonds is 3. The lowest BCUT2D eigenvalue weighted by molar-refractivity contribution is 0.215. The van der Waals surface area contributed by atoms with E-state index in [-0.39, 0.29) is 0 Å². The lowest BCUT2D eigenvalue weighted by Crippen LogP contribution is -2.09. The molecule has 0 amide bonds. The second kappa shape index (κ2) is 11.4. The molecule has 7 heteroatoms. The Hall–Kier alpha value is -3.70. The van der Waals surface area contributed by atoms with E-state index in [4.69, 9.17) is 9.97 Å². The van der Waals surface area contributed by atoms with Crippen molar-refractivity contribution >= 4 is 64.6 Å². The summed E-state index contributed by atoms with van der Waals surface area (Å²) in [5.74, 6) is 0. The molecule has 200 valence electrons. The Morgan fingerprint density at radius 3 is 1.85 bits per heavy atom. The first kappa shape index (κ1) is 26.5. The number of aryl methyl sites for hydroxylation is 2. The van der Waals surface area contributed by atoms with Crippen LogP contribution in [0, 0.1) is 0 Å². The van der Waals surface area contributed by atoms with Crippen LogP contribution in [0.2, 0.25) is 0 Å². The molecule has 0 N–H and O–H groups in total. The van der Waals surface area contributed by atoms with Crippen molar-refractivity contribution in [2.24, 2.45) is 0 Å². The van der Waals surface area contributed by atoms with Crippen LogP contribution in [0.25, 0.3) is 55.2 Å². The largest absolute Gasteiger partial charge is 0.385 e. The second-order valence-corrected chi connectivity index (χ2v) is 9.66. The number of ether oxygens (including phenoxy) is 1. The van der Waals surface area contributed by atoms with Crippen LogP contribution in [-0.4, -0.2) is 32.8 Å². The van der Waals surface area contributed by atoms with Gasteiger partial charge in [-0.1, -0.05) is 32.7 Å². The van der Waals surface area contributed by atoms with Crippen molar-refractivity contribution in [2.75, 3.05) is 13.7 Å². The van der Waals surface area contributed by atoms with E-state index in [9.17, 15) is 0 Å². The molecular weight excluding hydrogens is 531 g/mol. The van der Waals surface area contributed by atoms with Gasteiger partial charge in [-0.2, -0.15) is 12.2 Å². The molecule has 0 fully saturated rings. The Kier molecular flexibility index (Phi) is 7.57. The van der Waals surface area contributed by atoms with Gasteiger partial charge in [-0.05, 0) is 91.6 Å². The Morgan fingerprint density at radius 2 is 1.23 bits per heavy atom. The fourth-order valence-electron chi connectivity index (χ4n) is 5.62. The summed E-state index contributed by atoms with van der Waals surface area (Å²) < 4.78 is 9.21. The van der Waals surface area contributed by atoms with Gasteiger partial charge in [0.25, 0.3) is 0 Å². The summed E-state index contributed by atoms with van der Waals surface area (Å²) in [4.78, 5) is 9.51. The maximum atomic E-state index is 4.81. The lowest BCUT2D eigenvalue weighted by Gasteiger charge is -2.20. The van der Waals surface area contributed by atoms with Gasteiger partial charge in [-0.25, -0.2) is 0 Å². The first-order chi connectivity index (χ1) is 19.8. The Balaban J connectivity index is 0.000000446. The highest BCUT2D eigenvalue weighted by Crippen LogP contribution is 2.36. The third-order valence-corrected chi connectivity index (χ3v) is 7.59. The monoisotopic (exact) mass is 562 g/mol. The van der Waals surface area contributed by atoms with Crippen molar-refractivity contribution in [3.8, 4) is 11.4 Å². The summed E-state index contributed by atoms with van der Waals surface area (Å²) >= 11 is 3.44. The zero-order valence-corrected chi connectivity index (χ0v) is 24.6. The average Bonchev–Trinajstić information content (AvgIpc) is 3.52. The first-order valence-electron chi connectivity index (χ1n) is 13.4. The number of benzene rings is 3. The predicted molar refractivity (Wildman–Crippen MR) is 174 cm³/mol. The number of nitrogens with zero attached hydrogens (tertiary/aromatic N) is 4. The smallest absolute Gasteiger partial charge is 0.0964 e. The first-order valence-corrected chi connectivity index (χ1v) is 15.5. The molecule has 1 aliphatic carbocycles. The van der Waals surface area contributed by atoms with Crippen molar-refractivity contribution in [3.05, 3.63) is 108 Å². The summed E-state index contributed by atoms with van der Waals surface area (Å²) in [5, 5.41) is 2.33. The summed E-state index contributed by atoms with van der Waals surface area (Å²) in [6.07, 6.45) is 6.13. The minimum absolute atomic E-state index is 0.819. The normalized spacial score (nSPS) is 12.0. The molecular formula is C33H31N4OPS. The van der Waals surface area contributed by atoms with Crippen molar-refractivity contribution in [1.82, 2.24) is 19.1 Å². The van der Waals surface area contributed by atoms with E-state index in [0.29, 0.717) is 0 Å². The molecule has 0 aliphatic heterocycles. The van der Waals surface area contributed by atoms with Gasteiger partial charge in [0.05, 0.1) is 33.1 Å². The number of para-hydroxylation sites is 1. The van der Waals surface area contributed by atoms with Crippen LogP contribution in [0.15, 0.2) is 97.3 Å². The molecule has 40 heavy (non-hydrogen) atoms. The zero-order valence-electron chi connectivity index (χ0n) is 22.6. The molecule has 4 aromatic heterocycles. The van der Waals surface area contributed by atoms with Gasteiger partial charge in [0.15, 0.2) is 0 Å². The van der Waals surface area contributed by atoms with E-state index < -0.39 is 0 Å². The molecule has 0 radical (unpaired) electrons. The molecule has 0 saturated carbocycles. The molecule has 5 nitrogen and oxygen atoms in total. The van der Waals surface area contributed by atoms with Gasteiger partial charge in [0.2, 0.25) is 0 Å². The molecule has 8 rings (SSSR count). The Bertz CT molecular complexity index is 1920. The van der Waals surface area contributed by atoms with Crippen LogP contribution in [0.4, 0.5) is 0 Å². The maximum Gasteiger partial charge on any atom is 0.0964 e. The number of thiol groups is 1. The maximum absolute atomic E-state index is 4.81. The highest BCUT2D eigenvalue weighted by molar-refractivity contribution is 8.31. The van der Waals surface area contributed by atoms with Crippen LogP contribution in [0.3, 0.4) is 0 Å². The number of pyridine rings is 2. The molecule has 1 aliphatic rings. The lowest BCUT2D eigenvalue weighted by atomic mass is 9.88. The van der Waals surface area contributed by atoms with Gasteiger partial charge in [0, 0.05) is 48.3 Å². The van der Waals surface area contributed by atoms with Crippen LogP contribution in [0.1, 0.15) is 18.1 Å². The Labute approximate surface area is 241 Å². The third kappa shape index (κ3) is 4.37. The number of aromatic nitrogens is 4.